The largest absolute Gasteiger partial charge is 0.396 e. The van der Waals surface area contributed by atoms with Crippen LogP contribution in [0.3, 0.4) is 0 Å². The smallest absolute Gasteiger partial charge is 0.251 e. The van der Waals surface area contributed by atoms with Crippen molar-refractivity contribution in [3.05, 3.63) is 45.7 Å². The van der Waals surface area contributed by atoms with Gasteiger partial charge in [-0.1, -0.05) is 25.3 Å². The first-order valence-corrected chi connectivity index (χ1v) is 9.01. The van der Waals surface area contributed by atoms with E-state index in [2.05, 4.69) is 10.3 Å². The highest BCUT2D eigenvalue weighted by atomic mass is 16.3. The Kier molecular flexibility index (Phi) is 5.23. The van der Waals surface area contributed by atoms with E-state index in [0.717, 1.165) is 42.1 Å². The summed E-state index contributed by atoms with van der Waals surface area (Å²) in [6, 6.07) is 7.50. The summed E-state index contributed by atoms with van der Waals surface area (Å²) in [5.41, 5.74) is 2.13. The minimum Gasteiger partial charge on any atom is -0.396 e. The molecule has 0 radical (unpaired) electrons. The van der Waals surface area contributed by atoms with Gasteiger partial charge in [0.15, 0.2) is 0 Å². The average Bonchev–Trinajstić information content (AvgIpc) is 2.62. The van der Waals surface area contributed by atoms with Crippen LogP contribution in [-0.2, 0) is 11.2 Å². The van der Waals surface area contributed by atoms with Crippen LogP contribution in [0, 0.1) is 12.3 Å². The Bertz CT molecular complexity index is 819. The first kappa shape index (κ1) is 17.7. The van der Waals surface area contributed by atoms with E-state index in [9.17, 15) is 14.7 Å². The van der Waals surface area contributed by atoms with E-state index in [1.807, 2.05) is 24.3 Å². The Hall–Kier alpha value is -2.14. The quantitative estimate of drug-likeness (QED) is 0.780. The lowest BCUT2D eigenvalue weighted by Crippen LogP contribution is -2.41. The number of hydrogen-bond donors (Lipinski definition) is 3. The molecule has 2 aromatic rings. The maximum Gasteiger partial charge on any atom is 0.251 e. The molecule has 134 valence electrons. The second kappa shape index (κ2) is 7.40. The summed E-state index contributed by atoms with van der Waals surface area (Å²) < 4.78 is 0. The standard InChI is InChI=1S/C20H26N2O3/c1-14-9-16-10-15(5-6-17(16)22-19(14)25)11-18(24)21-12-20(13-23)7-3-2-4-8-20/h5-6,9-10,23H,2-4,7-8,11-13H2,1H3,(H,21,24)(H,22,25). The van der Waals surface area contributed by atoms with E-state index in [4.69, 9.17) is 0 Å². The zero-order chi connectivity index (χ0) is 17.9. The number of aromatic amines is 1. The maximum absolute atomic E-state index is 12.3. The Balaban J connectivity index is 1.65. The minimum absolute atomic E-state index is 0.0288. The molecule has 3 rings (SSSR count). The number of H-pyrrole nitrogens is 1. The topological polar surface area (TPSA) is 82.2 Å². The number of aliphatic hydroxyl groups is 1. The van der Waals surface area contributed by atoms with Crippen molar-refractivity contribution in [2.75, 3.05) is 13.2 Å². The van der Waals surface area contributed by atoms with Crippen molar-refractivity contribution in [1.82, 2.24) is 10.3 Å². The number of aryl methyl sites for hydroxylation is 1. The molecule has 1 aliphatic rings. The van der Waals surface area contributed by atoms with Crippen LogP contribution in [0.25, 0.3) is 10.9 Å². The van der Waals surface area contributed by atoms with Gasteiger partial charge < -0.3 is 15.4 Å². The van der Waals surface area contributed by atoms with Gasteiger partial charge >= 0.3 is 0 Å². The molecule has 1 saturated carbocycles. The Morgan fingerprint density at radius 1 is 1.24 bits per heavy atom. The third kappa shape index (κ3) is 4.10. The lowest BCUT2D eigenvalue weighted by atomic mass is 9.74. The van der Waals surface area contributed by atoms with Crippen LogP contribution >= 0.6 is 0 Å². The highest BCUT2D eigenvalue weighted by Gasteiger charge is 2.31. The van der Waals surface area contributed by atoms with Crippen molar-refractivity contribution < 1.29 is 9.90 Å². The van der Waals surface area contributed by atoms with Gasteiger partial charge in [-0.25, -0.2) is 0 Å². The van der Waals surface area contributed by atoms with E-state index in [-0.39, 0.29) is 23.5 Å². The molecule has 1 fully saturated rings. The number of benzene rings is 1. The van der Waals surface area contributed by atoms with Crippen molar-refractivity contribution in [2.24, 2.45) is 5.41 Å². The molecule has 0 unspecified atom stereocenters. The number of carbonyl (C=O) groups excluding carboxylic acids is 1. The van der Waals surface area contributed by atoms with Gasteiger partial charge in [-0.15, -0.1) is 0 Å². The third-order valence-electron chi connectivity index (χ3n) is 5.37. The maximum atomic E-state index is 12.3. The van der Waals surface area contributed by atoms with Gasteiger partial charge in [-0.3, -0.25) is 9.59 Å². The fourth-order valence-corrected chi connectivity index (χ4v) is 3.70. The summed E-state index contributed by atoms with van der Waals surface area (Å²) in [6.07, 6.45) is 5.72. The van der Waals surface area contributed by atoms with Gasteiger partial charge in [-0.2, -0.15) is 0 Å². The zero-order valence-electron chi connectivity index (χ0n) is 14.7. The first-order valence-electron chi connectivity index (χ1n) is 9.01. The SMILES string of the molecule is Cc1cc2cc(CC(=O)NCC3(CO)CCCCC3)ccc2[nH]c1=O. The molecular formula is C20H26N2O3. The molecule has 0 aliphatic heterocycles. The third-order valence-corrected chi connectivity index (χ3v) is 5.37. The number of nitrogens with one attached hydrogen (secondary N) is 2. The van der Waals surface area contributed by atoms with Gasteiger partial charge in [-0.05, 0) is 48.9 Å². The molecule has 1 aromatic heterocycles. The number of pyridine rings is 1. The minimum atomic E-state index is -0.145. The van der Waals surface area contributed by atoms with Gasteiger partial charge in [0.2, 0.25) is 5.91 Å². The van der Waals surface area contributed by atoms with Crippen LogP contribution in [0.2, 0.25) is 0 Å². The number of carbonyl (C=O) groups is 1. The van der Waals surface area contributed by atoms with Gasteiger partial charge in [0.05, 0.1) is 13.0 Å². The van der Waals surface area contributed by atoms with E-state index < -0.39 is 0 Å². The molecule has 1 amide bonds. The van der Waals surface area contributed by atoms with Crippen molar-refractivity contribution >= 4 is 16.8 Å². The fraction of sp³-hybridized carbons (Fsp3) is 0.500. The molecule has 0 bridgehead atoms. The Morgan fingerprint density at radius 3 is 2.72 bits per heavy atom. The molecule has 0 atom stereocenters. The Morgan fingerprint density at radius 2 is 2.00 bits per heavy atom. The predicted octanol–water partition coefficient (Wildman–Crippen LogP) is 2.44. The van der Waals surface area contributed by atoms with Crippen molar-refractivity contribution in [1.29, 1.82) is 0 Å². The van der Waals surface area contributed by atoms with E-state index in [0.29, 0.717) is 18.5 Å². The lowest BCUT2D eigenvalue weighted by molar-refractivity contribution is -0.121. The van der Waals surface area contributed by atoms with Crippen LogP contribution in [0.4, 0.5) is 0 Å². The second-order valence-electron chi connectivity index (χ2n) is 7.38. The molecule has 25 heavy (non-hydrogen) atoms. The van der Waals surface area contributed by atoms with Crippen LogP contribution < -0.4 is 10.9 Å². The molecule has 3 N–H and O–H groups in total. The number of aliphatic hydroxyl groups excluding tert-OH is 1. The number of hydrogen-bond acceptors (Lipinski definition) is 3. The molecule has 0 saturated heterocycles. The highest BCUT2D eigenvalue weighted by Crippen LogP contribution is 2.35. The van der Waals surface area contributed by atoms with Gasteiger partial charge in [0.1, 0.15) is 0 Å². The Labute approximate surface area is 147 Å². The van der Waals surface area contributed by atoms with E-state index >= 15 is 0 Å². The monoisotopic (exact) mass is 342 g/mol. The summed E-state index contributed by atoms with van der Waals surface area (Å²) in [5.74, 6) is -0.0288. The molecule has 5 nitrogen and oxygen atoms in total. The second-order valence-corrected chi connectivity index (χ2v) is 7.38. The highest BCUT2D eigenvalue weighted by molar-refractivity contribution is 5.83. The number of aromatic nitrogens is 1. The van der Waals surface area contributed by atoms with E-state index in [1.54, 1.807) is 6.92 Å². The molecule has 0 spiro atoms. The summed E-state index contributed by atoms with van der Waals surface area (Å²) in [7, 11) is 0. The summed E-state index contributed by atoms with van der Waals surface area (Å²) in [5, 5.41) is 13.7. The van der Waals surface area contributed by atoms with Crippen LogP contribution in [0.15, 0.2) is 29.1 Å². The van der Waals surface area contributed by atoms with Crippen LogP contribution in [0.5, 0.6) is 0 Å². The number of amides is 1. The fourth-order valence-electron chi connectivity index (χ4n) is 3.70. The average molecular weight is 342 g/mol. The number of rotatable bonds is 5. The summed E-state index contributed by atoms with van der Waals surface area (Å²) >= 11 is 0. The van der Waals surface area contributed by atoms with Crippen molar-refractivity contribution in [3.63, 3.8) is 0 Å². The molecular weight excluding hydrogens is 316 g/mol. The summed E-state index contributed by atoms with van der Waals surface area (Å²) in [4.78, 5) is 26.8. The molecule has 1 aromatic carbocycles. The van der Waals surface area contributed by atoms with Crippen LogP contribution in [-0.4, -0.2) is 29.1 Å². The number of fused-ring (bicyclic) bond motifs is 1. The van der Waals surface area contributed by atoms with Crippen LogP contribution in [0.1, 0.15) is 43.2 Å². The lowest BCUT2D eigenvalue weighted by Gasteiger charge is -2.35. The predicted molar refractivity (Wildman–Crippen MR) is 98.6 cm³/mol. The molecule has 1 heterocycles. The first-order chi connectivity index (χ1) is 12.0. The normalized spacial score (nSPS) is 16.7. The zero-order valence-corrected chi connectivity index (χ0v) is 14.7. The molecule has 5 heteroatoms. The van der Waals surface area contributed by atoms with Crippen molar-refractivity contribution in [2.45, 2.75) is 45.4 Å². The van der Waals surface area contributed by atoms with Gasteiger partial charge in [0.25, 0.3) is 5.56 Å². The molecule has 1 aliphatic carbocycles. The van der Waals surface area contributed by atoms with Gasteiger partial charge in [0, 0.05) is 23.0 Å². The van der Waals surface area contributed by atoms with E-state index in [1.165, 1.54) is 6.42 Å². The van der Waals surface area contributed by atoms with Crippen molar-refractivity contribution in [3.8, 4) is 0 Å². The summed E-state index contributed by atoms with van der Waals surface area (Å²) in [6.45, 7) is 2.45.